The summed E-state index contributed by atoms with van der Waals surface area (Å²) in [6.45, 7) is 1.74. The number of ether oxygens (including phenoxy) is 2. The highest BCUT2D eigenvalue weighted by Crippen LogP contribution is 2.37. The van der Waals surface area contributed by atoms with Crippen molar-refractivity contribution < 1.29 is 24.2 Å². The smallest absolute Gasteiger partial charge is 0.344 e. The lowest BCUT2D eigenvalue weighted by atomic mass is 10.2. The molecule has 1 fully saturated rings. The van der Waals surface area contributed by atoms with Gasteiger partial charge in [0.1, 0.15) is 11.5 Å². The number of thiocarbonyl (C=S) groups is 1. The van der Waals surface area contributed by atoms with Crippen LogP contribution in [0, 0.1) is 0 Å². The summed E-state index contributed by atoms with van der Waals surface area (Å²) >= 11 is 6.60. The fraction of sp³-hybridized carbons (Fsp3) is 0.190. The zero-order chi connectivity index (χ0) is 21.0. The minimum absolute atomic E-state index is 0.225. The number of hydrogen-bond acceptors (Lipinski definition) is 6. The number of nitrogens with zero attached hydrogens (tertiary/aromatic N) is 1. The van der Waals surface area contributed by atoms with Crippen LogP contribution in [0.5, 0.6) is 11.5 Å². The summed E-state index contributed by atoms with van der Waals surface area (Å²) in [5.74, 6) is -0.181. The Morgan fingerprint density at radius 1 is 1.24 bits per heavy atom. The summed E-state index contributed by atoms with van der Waals surface area (Å²) in [4.78, 5) is 26.0. The summed E-state index contributed by atoms with van der Waals surface area (Å²) in [6, 6.07) is 14.1. The Bertz CT molecular complexity index is 989. The molecule has 2 aromatic carbocycles. The van der Waals surface area contributed by atoms with E-state index in [9.17, 15) is 9.59 Å². The van der Waals surface area contributed by atoms with Crippen LogP contribution in [0.15, 0.2) is 53.4 Å². The molecule has 1 saturated heterocycles. The number of amides is 1. The van der Waals surface area contributed by atoms with Crippen molar-refractivity contribution in [3.8, 4) is 11.5 Å². The molecule has 1 heterocycles. The molecule has 1 aliphatic rings. The van der Waals surface area contributed by atoms with E-state index in [1.165, 1.54) is 16.7 Å². The molecule has 0 bridgehead atoms. The van der Waals surface area contributed by atoms with Crippen molar-refractivity contribution in [2.75, 3.05) is 12.0 Å². The third kappa shape index (κ3) is 4.78. The predicted molar refractivity (Wildman–Crippen MR) is 117 cm³/mol. The fourth-order valence-corrected chi connectivity index (χ4v) is 4.04. The van der Waals surface area contributed by atoms with Crippen LogP contribution >= 0.6 is 24.0 Å². The SMILES string of the molecule is CCC(Oc1cccc(/C=C2/SC(=S)N(c3cccc(OC)c3)C2=O)c1)C(=O)O. The van der Waals surface area contributed by atoms with Gasteiger partial charge in [-0.05, 0) is 42.3 Å². The standard InChI is InChI=1S/C21H19NO5S2/c1-3-17(20(24)25)27-16-9-4-6-13(10-16)11-18-19(23)22(21(28)29-18)14-7-5-8-15(12-14)26-2/h4-12,17H,3H2,1-2H3,(H,24,25)/b18-11+. The second kappa shape index (κ2) is 9.11. The van der Waals surface area contributed by atoms with Crippen LogP contribution in [0.2, 0.25) is 0 Å². The molecule has 8 heteroatoms. The third-order valence-electron chi connectivity index (χ3n) is 4.19. The van der Waals surface area contributed by atoms with E-state index in [0.717, 1.165) is 0 Å². The van der Waals surface area contributed by atoms with Crippen molar-refractivity contribution >= 4 is 51.9 Å². The maximum absolute atomic E-state index is 12.9. The first-order valence-corrected chi connectivity index (χ1v) is 10.1. The molecule has 1 amide bonds. The maximum atomic E-state index is 12.9. The molecular formula is C21H19NO5S2. The Balaban J connectivity index is 1.84. The van der Waals surface area contributed by atoms with Gasteiger partial charge in [0.2, 0.25) is 0 Å². The molecule has 150 valence electrons. The fourth-order valence-electron chi connectivity index (χ4n) is 2.74. The van der Waals surface area contributed by atoms with Gasteiger partial charge in [0.05, 0.1) is 17.7 Å². The molecule has 2 aromatic rings. The van der Waals surface area contributed by atoms with E-state index in [2.05, 4.69) is 0 Å². The predicted octanol–water partition coefficient (Wildman–Crippen LogP) is 4.34. The summed E-state index contributed by atoms with van der Waals surface area (Å²) in [6.07, 6.45) is 1.14. The molecule has 0 radical (unpaired) electrons. The van der Waals surface area contributed by atoms with Crippen LogP contribution < -0.4 is 14.4 Å². The Morgan fingerprint density at radius 3 is 2.66 bits per heavy atom. The van der Waals surface area contributed by atoms with Gasteiger partial charge < -0.3 is 14.6 Å². The largest absolute Gasteiger partial charge is 0.497 e. The molecule has 29 heavy (non-hydrogen) atoms. The van der Waals surface area contributed by atoms with Gasteiger partial charge in [-0.2, -0.15) is 0 Å². The molecular weight excluding hydrogens is 410 g/mol. The van der Waals surface area contributed by atoms with Crippen LogP contribution in [-0.2, 0) is 9.59 Å². The highest BCUT2D eigenvalue weighted by molar-refractivity contribution is 8.27. The number of methoxy groups -OCH3 is 1. The Labute approximate surface area is 178 Å². The van der Waals surface area contributed by atoms with Gasteiger partial charge in [0.15, 0.2) is 10.4 Å². The molecule has 0 aromatic heterocycles. The van der Waals surface area contributed by atoms with E-state index in [1.54, 1.807) is 62.6 Å². The van der Waals surface area contributed by atoms with E-state index in [-0.39, 0.29) is 5.91 Å². The number of carbonyl (C=O) groups excluding carboxylic acids is 1. The second-order valence-electron chi connectivity index (χ2n) is 6.14. The number of carboxylic acid groups (broad SMARTS) is 1. The van der Waals surface area contributed by atoms with Gasteiger partial charge in [0.25, 0.3) is 5.91 Å². The van der Waals surface area contributed by atoms with Crippen molar-refractivity contribution in [2.24, 2.45) is 0 Å². The molecule has 3 rings (SSSR count). The van der Waals surface area contributed by atoms with Crippen molar-refractivity contribution in [3.05, 3.63) is 59.0 Å². The number of carboxylic acids is 1. The minimum atomic E-state index is -1.02. The van der Waals surface area contributed by atoms with Crippen LogP contribution in [0.1, 0.15) is 18.9 Å². The molecule has 1 unspecified atom stereocenters. The number of anilines is 1. The lowest BCUT2D eigenvalue weighted by molar-refractivity contribution is -0.145. The average molecular weight is 430 g/mol. The topological polar surface area (TPSA) is 76.1 Å². The zero-order valence-corrected chi connectivity index (χ0v) is 17.5. The van der Waals surface area contributed by atoms with Crippen LogP contribution in [0.4, 0.5) is 5.69 Å². The Hall–Kier alpha value is -2.84. The second-order valence-corrected chi connectivity index (χ2v) is 7.82. The van der Waals surface area contributed by atoms with Crippen molar-refractivity contribution in [3.63, 3.8) is 0 Å². The number of carbonyl (C=O) groups is 2. The Kier molecular flexibility index (Phi) is 6.56. The van der Waals surface area contributed by atoms with E-state index in [1.807, 2.05) is 6.07 Å². The first-order valence-electron chi connectivity index (χ1n) is 8.84. The van der Waals surface area contributed by atoms with E-state index in [0.29, 0.717) is 38.4 Å². The quantitative estimate of drug-likeness (QED) is 0.518. The van der Waals surface area contributed by atoms with E-state index >= 15 is 0 Å². The van der Waals surface area contributed by atoms with Gasteiger partial charge in [0, 0.05) is 6.07 Å². The number of thioether (sulfide) groups is 1. The molecule has 1 atom stereocenters. The number of aliphatic carboxylic acids is 1. The van der Waals surface area contributed by atoms with Gasteiger partial charge >= 0.3 is 5.97 Å². The molecule has 0 saturated carbocycles. The number of benzene rings is 2. The molecule has 1 N–H and O–H groups in total. The van der Waals surface area contributed by atoms with Gasteiger partial charge in [-0.15, -0.1) is 0 Å². The molecule has 0 spiro atoms. The van der Waals surface area contributed by atoms with Gasteiger partial charge in [-0.1, -0.05) is 49.1 Å². The monoisotopic (exact) mass is 429 g/mol. The summed E-state index contributed by atoms with van der Waals surface area (Å²) in [7, 11) is 1.56. The molecule has 6 nitrogen and oxygen atoms in total. The van der Waals surface area contributed by atoms with Gasteiger partial charge in [-0.25, -0.2) is 4.79 Å². The van der Waals surface area contributed by atoms with Crippen LogP contribution in [-0.4, -0.2) is 34.5 Å². The maximum Gasteiger partial charge on any atom is 0.344 e. The summed E-state index contributed by atoms with van der Waals surface area (Å²) in [5, 5.41) is 9.16. The van der Waals surface area contributed by atoms with Gasteiger partial charge in [-0.3, -0.25) is 9.69 Å². The first kappa shape index (κ1) is 20.9. The van der Waals surface area contributed by atoms with Crippen LogP contribution in [0.25, 0.3) is 6.08 Å². The molecule has 0 aliphatic carbocycles. The van der Waals surface area contributed by atoms with E-state index < -0.39 is 12.1 Å². The lowest BCUT2D eigenvalue weighted by Gasteiger charge is -2.15. The zero-order valence-electron chi connectivity index (χ0n) is 15.8. The third-order valence-corrected chi connectivity index (χ3v) is 5.49. The normalized spacial score (nSPS) is 16.2. The van der Waals surface area contributed by atoms with Crippen molar-refractivity contribution in [1.82, 2.24) is 0 Å². The summed E-state index contributed by atoms with van der Waals surface area (Å²) < 4.78 is 11.2. The number of rotatable bonds is 7. The minimum Gasteiger partial charge on any atom is -0.497 e. The van der Waals surface area contributed by atoms with Crippen molar-refractivity contribution in [2.45, 2.75) is 19.4 Å². The highest BCUT2D eigenvalue weighted by atomic mass is 32.2. The number of hydrogen-bond donors (Lipinski definition) is 1. The lowest BCUT2D eigenvalue weighted by Crippen LogP contribution is -2.27. The van der Waals surface area contributed by atoms with Crippen LogP contribution in [0.3, 0.4) is 0 Å². The van der Waals surface area contributed by atoms with Crippen molar-refractivity contribution in [1.29, 1.82) is 0 Å². The molecule has 1 aliphatic heterocycles. The summed E-state index contributed by atoms with van der Waals surface area (Å²) in [5.41, 5.74) is 1.36. The first-order chi connectivity index (χ1) is 13.9. The Morgan fingerprint density at radius 2 is 1.97 bits per heavy atom. The van der Waals surface area contributed by atoms with E-state index in [4.69, 9.17) is 26.8 Å². The highest BCUT2D eigenvalue weighted by Gasteiger charge is 2.33. The average Bonchev–Trinajstić information content (AvgIpc) is 2.99.